The summed E-state index contributed by atoms with van der Waals surface area (Å²) in [5.41, 5.74) is 1.07. The van der Waals surface area contributed by atoms with Crippen LogP contribution in [0.3, 0.4) is 0 Å². The van der Waals surface area contributed by atoms with Crippen molar-refractivity contribution in [1.29, 1.82) is 0 Å². The minimum atomic E-state index is -0.933. The Kier molecular flexibility index (Phi) is 5.85. The quantitative estimate of drug-likeness (QED) is 0.312. The largest absolute Gasteiger partial charge is 0.481 e. The molecule has 0 radical (unpaired) electrons. The van der Waals surface area contributed by atoms with Gasteiger partial charge in [0.1, 0.15) is 5.82 Å². The summed E-state index contributed by atoms with van der Waals surface area (Å²) in [5, 5.41) is 19.2. The fourth-order valence-electron chi connectivity index (χ4n) is 3.73. The highest BCUT2D eigenvalue weighted by Crippen LogP contribution is 2.30. The Labute approximate surface area is 182 Å². The van der Waals surface area contributed by atoms with Gasteiger partial charge in [-0.05, 0) is 23.9 Å². The maximum absolute atomic E-state index is 13.0. The Hall–Kier alpha value is -3.46. The fraction of sp³-hybridized carbons (Fsp3) is 0.227. The Morgan fingerprint density at radius 3 is 2.39 bits per heavy atom. The SMILES string of the molecule is C=CCn1c(CCCN2C(=O)c3cccc4cccc(c34)C2=O)nnc1SCC(=O)O. The van der Waals surface area contributed by atoms with Gasteiger partial charge in [-0.1, -0.05) is 42.1 Å². The van der Waals surface area contributed by atoms with Crippen molar-refractivity contribution >= 4 is 40.3 Å². The number of carboxylic acids is 1. The molecule has 0 aliphatic carbocycles. The monoisotopic (exact) mass is 436 g/mol. The van der Waals surface area contributed by atoms with Crippen LogP contribution in [-0.2, 0) is 17.8 Å². The molecular formula is C22H20N4O4S. The summed E-state index contributed by atoms with van der Waals surface area (Å²) in [7, 11) is 0. The number of carboxylic acid groups (broad SMARTS) is 1. The smallest absolute Gasteiger partial charge is 0.313 e. The number of rotatable bonds is 9. The second-order valence-corrected chi connectivity index (χ2v) is 8.00. The molecule has 3 aromatic rings. The predicted octanol–water partition coefficient (Wildman–Crippen LogP) is 3.02. The number of imide groups is 1. The number of aryl methyl sites for hydroxylation is 1. The van der Waals surface area contributed by atoms with Gasteiger partial charge in [0.15, 0.2) is 5.16 Å². The first kappa shape index (κ1) is 20.8. The van der Waals surface area contributed by atoms with Crippen LogP contribution in [0.1, 0.15) is 33.0 Å². The van der Waals surface area contributed by atoms with E-state index >= 15 is 0 Å². The van der Waals surface area contributed by atoms with Gasteiger partial charge >= 0.3 is 5.97 Å². The number of nitrogens with zero attached hydrogens (tertiary/aromatic N) is 4. The van der Waals surface area contributed by atoms with E-state index in [2.05, 4.69) is 16.8 Å². The molecule has 8 nitrogen and oxygen atoms in total. The molecule has 0 bridgehead atoms. The van der Waals surface area contributed by atoms with Crippen LogP contribution < -0.4 is 0 Å². The molecule has 0 fully saturated rings. The summed E-state index contributed by atoms with van der Waals surface area (Å²) in [6.45, 7) is 4.42. The number of hydrogen-bond acceptors (Lipinski definition) is 6. The van der Waals surface area contributed by atoms with Crippen LogP contribution in [0.15, 0.2) is 54.2 Å². The number of aromatic nitrogens is 3. The van der Waals surface area contributed by atoms with Crippen LogP contribution in [0.4, 0.5) is 0 Å². The molecule has 1 aliphatic heterocycles. The number of thioether (sulfide) groups is 1. The highest BCUT2D eigenvalue weighted by molar-refractivity contribution is 7.99. The molecule has 1 aliphatic rings. The number of benzene rings is 2. The topological polar surface area (TPSA) is 105 Å². The highest BCUT2D eigenvalue weighted by Gasteiger charge is 2.32. The summed E-state index contributed by atoms with van der Waals surface area (Å²) in [6, 6.07) is 10.9. The Balaban J connectivity index is 1.49. The second-order valence-electron chi connectivity index (χ2n) is 7.06. The lowest BCUT2D eigenvalue weighted by atomic mass is 9.94. The third-order valence-electron chi connectivity index (χ3n) is 5.07. The summed E-state index contributed by atoms with van der Waals surface area (Å²) < 4.78 is 1.80. The maximum Gasteiger partial charge on any atom is 0.313 e. The van der Waals surface area contributed by atoms with Crippen LogP contribution in [0.25, 0.3) is 10.8 Å². The van der Waals surface area contributed by atoms with E-state index in [9.17, 15) is 14.4 Å². The van der Waals surface area contributed by atoms with Gasteiger partial charge in [0, 0.05) is 36.0 Å². The van der Waals surface area contributed by atoms with E-state index < -0.39 is 5.97 Å². The van der Waals surface area contributed by atoms with Crippen molar-refractivity contribution in [2.45, 2.75) is 24.5 Å². The van der Waals surface area contributed by atoms with E-state index in [1.165, 1.54) is 4.90 Å². The molecule has 158 valence electrons. The van der Waals surface area contributed by atoms with Crippen molar-refractivity contribution in [2.75, 3.05) is 12.3 Å². The van der Waals surface area contributed by atoms with Gasteiger partial charge in [-0.15, -0.1) is 16.8 Å². The van der Waals surface area contributed by atoms with Crippen molar-refractivity contribution in [3.8, 4) is 0 Å². The summed E-state index contributed by atoms with van der Waals surface area (Å²) >= 11 is 1.09. The normalized spacial score (nSPS) is 13.1. The van der Waals surface area contributed by atoms with Crippen LogP contribution in [-0.4, -0.2) is 54.9 Å². The fourth-order valence-corrected chi connectivity index (χ4v) is 4.42. The van der Waals surface area contributed by atoms with E-state index in [0.29, 0.717) is 46.9 Å². The molecule has 1 N–H and O–H groups in total. The van der Waals surface area contributed by atoms with Crippen LogP contribution in [0.2, 0.25) is 0 Å². The molecule has 0 saturated heterocycles. The minimum absolute atomic E-state index is 0.114. The van der Waals surface area contributed by atoms with Gasteiger partial charge in [-0.2, -0.15) is 0 Å². The molecule has 4 rings (SSSR count). The first-order valence-electron chi connectivity index (χ1n) is 9.76. The zero-order valence-electron chi connectivity index (χ0n) is 16.7. The molecule has 0 atom stereocenters. The van der Waals surface area contributed by atoms with E-state index in [1.54, 1.807) is 22.8 Å². The highest BCUT2D eigenvalue weighted by atomic mass is 32.2. The van der Waals surface area contributed by atoms with Crippen molar-refractivity contribution in [3.63, 3.8) is 0 Å². The zero-order valence-corrected chi connectivity index (χ0v) is 17.5. The molecule has 2 aromatic carbocycles. The number of aliphatic carboxylic acids is 1. The summed E-state index contributed by atoms with van der Waals surface area (Å²) in [5.74, 6) is -0.972. The number of carbonyl (C=O) groups excluding carboxylic acids is 2. The first-order valence-corrected chi connectivity index (χ1v) is 10.8. The molecule has 2 amide bonds. The van der Waals surface area contributed by atoms with Crippen molar-refractivity contribution in [2.24, 2.45) is 0 Å². The van der Waals surface area contributed by atoms with E-state index in [0.717, 1.165) is 17.1 Å². The molecule has 9 heteroatoms. The van der Waals surface area contributed by atoms with Crippen LogP contribution in [0, 0.1) is 0 Å². The van der Waals surface area contributed by atoms with Crippen molar-refractivity contribution in [1.82, 2.24) is 19.7 Å². The van der Waals surface area contributed by atoms with E-state index in [4.69, 9.17) is 5.11 Å². The lowest BCUT2D eigenvalue weighted by Crippen LogP contribution is -2.41. The Bertz CT molecular complexity index is 1150. The Morgan fingerprint density at radius 1 is 1.10 bits per heavy atom. The average molecular weight is 436 g/mol. The van der Waals surface area contributed by atoms with Crippen molar-refractivity contribution < 1.29 is 19.5 Å². The van der Waals surface area contributed by atoms with Gasteiger partial charge in [0.05, 0.1) is 5.75 Å². The standard InChI is InChI=1S/C22H20N4O4S/c1-2-11-25-17(23-24-22(25)31-13-18(27)28)10-5-12-26-20(29)15-8-3-6-14-7-4-9-16(19(14)15)21(26)30/h2-4,6-9H,1,5,10-13H2,(H,27,28). The third-order valence-corrected chi connectivity index (χ3v) is 6.02. The lowest BCUT2D eigenvalue weighted by Gasteiger charge is -2.27. The molecule has 0 saturated carbocycles. The van der Waals surface area contributed by atoms with E-state index in [1.807, 2.05) is 24.3 Å². The molecule has 31 heavy (non-hydrogen) atoms. The molecule has 2 heterocycles. The van der Waals surface area contributed by atoms with Gasteiger partial charge in [0.25, 0.3) is 11.8 Å². The van der Waals surface area contributed by atoms with Gasteiger partial charge in [-0.25, -0.2) is 0 Å². The molecule has 0 spiro atoms. The number of hydrogen-bond donors (Lipinski definition) is 1. The van der Waals surface area contributed by atoms with E-state index in [-0.39, 0.29) is 24.1 Å². The average Bonchev–Trinajstić information content (AvgIpc) is 3.14. The first-order chi connectivity index (χ1) is 15.0. The van der Waals surface area contributed by atoms with Gasteiger partial charge in [0.2, 0.25) is 0 Å². The number of amides is 2. The molecule has 0 unspecified atom stereocenters. The van der Waals surface area contributed by atoms with Gasteiger partial charge < -0.3 is 9.67 Å². The number of carbonyl (C=O) groups is 3. The second kappa shape index (κ2) is 8.73. The van der Waals surface area contributed by atoms with Gasteiger partial charge in [-0.3, -0.25) is 19.3 Å². The lowest BCUT2D eigenvalue weighted by molar-refractivity contribution is -0.133. The minimum Gasteiger partial charge on any atom is -0.481 e. The maximum atomic E-state index is 13.0. The molecular weight excluding hydrogens is 416 g/mol. The van der Waals surface area contributed by atoms with Crippen LogP contribution >= 0.6 is 11.8 Å². The van der Waals surface area contributed by atoms with Crippen LogP contribution in [0.5, 0.6) is 0 Å². The summed E-state index contributed by atoms with van der Waals surface area (Å²) in [6.07, 6.45) is 2.68. The third kappa shape index (κ3) is 3.96. The Morgan fingerprint density at radius 2 is 1.77 bits per heavy atom. The summed E-state index contributed by atoms with van der Waals surface area (Å²) in [4.78, 5) is 38.1. The predicted molar refractivity (Wildman–Crippen MR) is 116 cm³/mol. The molecule has 1 aromatic heterocycles. The number of allylic oxidation sites excluding steroid dienone is 1. The zero-order chi connectivity index (χ0) is 22.0. The van der Waals surface area contributed by atoms with Crippen molar-refractivity contribution in [3.05, 3.63) is 66.0 Å².